The van der Waals surface area contributed by atoms with Crippen LogP contribution >= 0.6 is 0 Å². The molecule has 1 heterocycles. The van der Waals surface area contributed by atoms with E-state index >= 15 is 0 Å². The predicted octanol–water partition coefficient (Wildman–Crippen LogP) is 4.30. The van der Waals surface area contributed by atoms with Crippen molar-refractivity contribution in [2.45, 2.75) is 13.0 Å². The molecule has 1 aliphatic heterocycles. The lowest BCUT2D eigenvalue weighted by Gasteiger charge is -2.26. The molecule has 0 N–H and O–H groups in total. The standard InChI is InChI=1S/C19H20O4/c1-12-16-11-19(22-4)18(21-3)10-14(16)9-17(23-12)13-5-7-15(20-2)8-6-13/h5-12H,1-4H3. The zero-order chi connectivity index (χ0) is 16.4. The van der Waals surface area contributed by atoms with E-state index < -0.39 is 0 Å². The average Bonchev–Trinajstić information content (AvgIpc) is 2.60. The third kappa shape index (κ3) is 2.84. The van der Waals surface area contributed by atoms with Crippen LogP contribution < -0.4 is 14.2 Å². The number of methoxy groups -OCH3 is 3. The molecule has 4 heteroatoms. The van der Waals surface area contributed by atoms with Gasteiger partial charge in [-0.25, -0.2) is 0 Å². The summed E-state index contributed by atoms with van der Waals surface area (Å²) in [5.41, 5.74) is 3.17. The van der Waals surface area contributed by atoms with Crippen molar-refractivity contribution in [3.8, 4) is 17.2 Å². The van der Waals surface area contributed by atoms with E-state index in [1.54, 1.807) is 21.3 Å². The fourth-order valence-corrected chi connectivity index (χ4v) is 2.72. The van der Waals surface area contributed by atoms with Gasteiger partial charge in [0.25, 0.3) is 0 Å². The van der Waals surface area contributed by atoms with Crippen LogP contribution in [-0.4, -0.2) is 21.3 Å². The predicted molar refractivity (Wildman–Crippen MR) is 89.9 cm³/mol. The lowest BCUT2D eigenvalue weighted by atomic mass is 9.97. The minimum absolute atomic E-state index is 0.0630. The molecule has 0 saturated heterocycles. The zero-order valence-electron chi connectivity index (χ0n) is 13.8. The molecule has 0 radical (unpaired) electrons. The van der Waals surface area contributed by atoms with Gasteiger partial charge in [0.05, 0.1) is 21.3 Å². The minimum atomic E-state index is -0.0630. The number of hydrogen-bond donors (Lipinski definition) is 0. The van der Waals surface area contributed by atoms with E-state index in [1.165, 1.54) is 0 Å². The van der Waals surface area contributed by atoms with Crippen LogP contribution in [0.1, 0.15) is 29.7 Å². The van der Waals surface area contributed by atoms with Crippen LogP contribution in [0.15, 0.2) is 36.4 Å². The van der Waals surface area contributed by atoms with E-state index in [1.807, 2.05) is 49.4 Å². The van der Waals surface area contributed by atoms with Crippen molar-refractivity contribution < 1.29 is 18.9 Å². The highest BCUT2D eigenvalue weighted by Gasteiger charge is 2.22. The topological polar surface area (TPSA) is 36.9 Å². The molecule has 0 saturated carbocycles. The Morgan fingerprint density at radius 2 is 1.52 bits per heavy atom. The van der Waals surface area contributed by atoms with Gasteiger partial charge in [-0.05, 0) is 55.0 Å². The first-order chi connectivity index (χ1) is 11.2. The van der Waals surface area contributed by atoms with Crippen molar-refractivity contribution in [3.63, 3.8) is 0 Å². The summed E-state index contributed by atoms with van der Waals surface area (Å²) in [6.45, 7) is 2.03. The van der Waals surface area contributed by atoms with Gasteiger partial charge < -0.3 is 18.9 Å². The molecule has 0 fully saturated rings. The maximum Gasteiger partial charge on any atom is 0.161 e. The summed E-state index contributed by atoms with van der Waals surface area (Å²) in [4.78, 5) is 0. The van der Waals surface area contributed by atoms with Crippen molar-refractivity contribution >= 4 is 11.8 Å². The minimum Gasteiger partial charge on any atom is -0.497 e. The Hall–Kier alpha value is -2.62. The van der Waals surface area contributed by atoms with Gasteiger partial charge in [-0.15, -0.1) is 0 Å². The lowest BCUT2D eigenvalue weighted by Crippen LogP contribution is -2.08. The van der Waals surface area contributed by atoms with Gasteiger partial charge in [-0.2, -0.15) is 0 Å². The van der Waals surface area contributed by atoms with Gasteiger partial charge in [0, 0.05) is 11.1 Å². The lowest BCUT2D eigenvalue weighted by molar-refractivity contribution is 0.185. The van der Waals surface area contributed by atoms with Gasteiger partial charge in [0.15, 0.2) is 11.5 Å². The van der Waals surface area contributed by atoms with Crippen molar-refractivity contribution in [3.05, 3.63) is 53.1 Å². The van der Waals surface area contributed by atoms with Gasteiger partial charge in [-0.1, -0.05) is 0 Å². The first-order valence-corrected chi connectivity index (χ1v) is 7.45. The van der Waals surface area contributed by atoms with E-state index in [0.29, 0.717) is 11.5 Å². The molecule has 120 valence electrons. The summed E-state index contributed by atoms with van der Waals surface area (Å²) in [6.07, 6.45) is 1.96. The molecule has 4 nitrogen and oxygen atoms in total. The van der Waals surface area contributed by atoms with Crippen molar-refractivity contribution in [1.29, 1.82) is 0 Å². The summed E-state index contributed by atoms with van der Waals surface area (Å²) in [7, 11) is 4.93. The summed E-state index contributed by atoms with van der Waals surface area (Å²) < 4.78 is 22.0. The van der Waals surface area contributed by atoms with Crippen LogP contribution in [0, 0.1) is 0 Å². The van der Waals surface area contributed by atoms with Crippen LogP contribution in [0.5, 0.6) is 17.2 Å². The third-order valence-electron chi connectivity index (χ3n) is 3.99. The Kier molecular flexibility index (Phi) is 4.15. The highest BCUT2D eigenvalue weighted by Crippen LogP contribution is 2.41. The molecule has 0 amide bonds. The first-order valence-electron chi connectivity index (χ1n) is 7.45. The van der Waals surface area contributed by atoms with Crippen LogP contribution in [0.25, 0.3) is 11.8 Å². The van der Waals surface area contributed by atoms with E-state index in [2.05, 4.69) is 0 Å². The second-order valence-corrected chi connectivity index (χ2v) is 5.33. The molecule has 2 aromatic rings. The Labute approximate surface area is 136 Å². The Balaban J connectivity index is 2.04. The number of ether oxygens (including phenoxy) is 4. The Bertz CT molecular complexity index is 732. The molecule has 0 spiro atoms. The quantitative estimate of drug-likeness (QED) is 0.843. The molecule has 23 heavy (non-hydrogen) atoms. The van der Waals surface area contributed by atoms with Gasteiger partial charge in [0.2, 0.25) is 0 Å². The molecule has 1 atom stereocenters. The molecular weight excluding hydrogens is 292 g/mol. The van der Waals surface area contributed by atoms with E-state index in [0.717, 1.165) is 28.2 Å². The summed E-state index contributed by atoms with van der Waals surface area (Å²) in [5.74, 6) is 3.08. The molecule has 1 aliphatic rings. The SMILES string of the molecule is COc1ccc(C2=Cc3cc(OC)c(OC)cc3C(C)O2)cc1. The van der Waals surface area contributed by atoms with Crippen LogP contribution in [0.2, 0.25) is 0 Å². The van der Waals surface area contributed by atoms with Crippen LogP contribution in [-0.2, 0) is 4.74 Å². The average molecular weight is 312 g/mol. The number of benzene rings is 2. The maximum atomic E-state index is 6.07. The smallest absolute Gasteiger partial charge is 0.161 e. The first kappa shape index (κ1) is 15.3. The molecule has 0 aromatic heterocycles. The largest absolute Gasteiger partial charge is 0.497 e. The van der Waals surface area contributed by atoms with Gasteiger partial charge in [0.1, 0.15) is 17.6 Å². The monoisotopic (exact) mass is 312 g/mol. The highest BCUT2D eigenvalue weighted by molar-refractivity contribution is 5.81. The fraction of sp³-hybridized carbons (Fsp3) is 0.263. The summed E-state index contributed by atoms with van der Waals surface area (Å²) >= 11 is 0. The second kappa shape index (κ2) is 6.24. The van der Waals surface area contributed by atoms with Crippen molar-refractivity contribution in [2.75, 3.05) is 21.3 Å². The number of rotatable bonds is 4. The van der Waals surface area contributed by atoms with E-state index in [9.17, 15) is 0 Å². The van der Waals surface area contributed by atoms with Gasteiger partial charge in [-0.3, -0.25) is 0 Å². The highest BCUT2D eigenvalue weighted by atomic mass is 16.5. The van der Waals surface area contributed by atoms with Crippen LogP contribution in [0.4, 0.5) is 0 Å². The molecule has 0 aliphatic carbocycles. The second-order valence-electron chi connectivity index (χ2n) is 5.33. The van der Waals surface area contributed by atoms with E-state index in [-0.39, 0.29) is 6.10 Å². The van der Waals surface area contributed by atoms with Gasteiger partial charge >= 0.3 is 0 Å². The molecular formula is C19H20O4. The number of hydrogen-bond acceptors (Lipinski definition) is 4. The van der Waals surface area contributed by atoms with Crippen molar-refractivity contribution in [2.24, 2.45) is 0 Å². The van der Waals surface area contributed by atoms with E-state index in [4.69, 9.17) is 18.9 Å². The summed E-state index contributed by atoms with van der Waals surface area (Å²) in [6, 6.07) is 11.8. The summed E-state index contributed by atoms with van der Waals surface area (Å²) in [5, 5.41) is 0. The Morgan fingerprint density at radius 1 is 0.870 bits per heavy atom. The third-order valence-corrected chi connectivity index (χ3v) is 3.99. The molecule has 0 bridgehead atoms. The molecule has 1 unspecified atom stereocenters. The molecule has 2 aromatic carbocycles. The maximum absolute atomic E-state index is 6.07. The number of fused-ring (bicyclic) bond motifs is 1. The van der Waals surface area contributed by atoms with Crippen LogP contribution in [0.3, 0.4) is 0 Å². The van der Waals surface area contributed by atoms with Crippen molar-refractivity contribution in [1.82, 2.24) is 0 Å². The fourth-order valence-electron chi connectivity index (χ4n) is 2.72. The zero-order valence-corrected chi connectivity index (χ0v) is 13.8. The molecule has 3 rings (SSSR count). The normalized spacial score (nSPS) is 16.0. The Morgan fingerprint density at radius 3 is 2.13 bits per heavy atom.